The second-order valence-electron chi connectivity index (χ2n) is 4.89. The maximum absolute atomic E-state index is 6.03. The third kappa shape index (κ3) is 1.80. The van der Waals surface area contributed by atoms with Gasteiger partial charge in [-0.25, -0.2) is 0 Å². The second kappa shape index (κ2) is 4.43. The Bertz CT molecular complexity index is 384. The van der Waals surface area contributed by atoms with Crippen molar-refractivity contribution in [1.82, 2.24) is 0 Å². The molecule has 1 fully saturated rings. The maximum atomic E-state index is 6.03. The van der Waals surface area contributed by atoms with Gasteiger partial charge in [-0.05, 0) is 19.8 Å². The van der Waals surface area contributed by atoms with Gasteiger partial charge in [0.25, 0.3) is 0 Å². The average Bonchev–Trinajstić information content (AvgIpc) is 3.01. The first kappa shape index (κ1) is 12.6. The first-order valence-electron chi connectivity index (χ1n) is 6.46. The molecule has 17 heavy (non-hydrogen) atoms. The average molecular weight is 234 g/mol. The van der Waals surface area contributed by atoms with Crippen molar-refractivity contribution in [3.8, 4) is 0 Å². The molecule has 2 heteroatoms. The third-order valence-electron chi connectivity index (χ3n) is 3.84. The molecule has 2 atom stereocenters. The van der Waals surface area contributed by atoms with E-state index in [1.807, 2.05) is 0 Å². The lowest BCUT2D eigenvalue weighted by atomic mass is 9.89. The minimum absolute atomic E-state index is 0.119. The van der Waals surface area contributed by atoms with E-state index >= 15 is 0 Å². The highest BCUT2D eigenvalue weighted by molar-refractivity contribution is 5.32. The molecule has 0 aromatic heterocycles. The van der Waals surface area contributed by atoms with Crippen LogP contribution >= 0.6 is 0 Å². The molecule has 0 saturated carbocycles. The molecule has 0 bridgehead atoms. The first-order valence-corrected chi connectivity index (χ1v) is 6.46. The van der Waals surface area contributed by atoms with Crippen LogP contribution < -0.4 is 0 Å². The van der Waals surface area contributed by atoms with Crippen molar-refractivity contribution in [3.63, 3.8) is 0 Å². The highest BCUT2D eigenvalue weighted by Gasteiger charge is 2.70. The van der Waals surface area contributed by atoms with Gasteiger partial charge in [-0.15, -0.1) is 0 Å². The van der Waals surface area contributed by atoms with Gasteiger partial charge in [0.15, 0.2) is 0 Å². The van der Waals surface area contributed by atoms with Gasteiger partial charge in [-0.2, -0.15) is 0 Å². The van der Waals surface area contributed by atoms with E-state index in [0.717, 1.165) is 24.8 Å². The second-order valence-corrected chi connectivity index (χ2v) is 4.89. The fourth-order valence-electron chi connectivity index (χ4n) is 2.79. The monoisotopic (exact) mass is 234 g/mol. The van der Waals surface area contributed by atoms with Crippen molar-refractivity contribution in [1.29, 1.82) is 0 Å². The summed E-state index contributed by atoms with van der Waals surface area (Å²) < 4.78 is 11.7. The lowest BCUT2D eigenvalue weighted by Crippen LogP contribution is -2.25. The Morgan fingerprint density at radius 3 is 2.29 bits per heavy atom. The van der Waals surface area contributed by atoms with Crippen LogP contribution in [0, 0.1) is 6.92 Å². The summed E-state index contributed by atoms with van der Waals surface area (Å²) in [7, 11) is 1.74. The molecule has 0 spiro atoms. The molecule has 2 unspecified atom stereocenters. The molecule has 1 aromatic rings. The molecule has 94 valence electrons. The zero-order valence-corrected chi connectivity index (χ0v) is 11.2. The highest BCUT2D eigenvalue weighted by atomic mass is 16.8. The Morgan fingerprint density at radius 2 is 1.82 bits per heavy atom. The van der Waals surface area contributed by atoms with E-state index in [9.17, 15) is 0 Å². The summed E-state index contributed by atoms with van der Waals surface area (Å²) in [5, 5.41) is 0. The number of epoxide rings is 1. The zero-order valence-electron chi connectivity index (χ0n) is 11.2. The van der Waals surface area contributed by atoms with Gasteiger partial charge in [-0.3, -0.25) is 0 Å². The summed E-state index contributed by atoms with van der Waals surface area (Å²) in [4.78, 5) is 0. The van der Waals surface area contributed by atoms with Crippen LogP contribution in [0.3, 0.4) is 0 Å². The molecule has 1 aliphatic heterocycles. The van der Waals surface area contributed by atoms with Crippen molar-refractivity contribution in [2.24, 2.45) is 0 Å². The van der Waals surface area contributed by atoms with Crippen molar-refractivity contribution in [2.75, 3.05) is 7.11 Å². The van der Waals surface area contributed by atoms with Crippen LogP contribution in [0.25, 0.3) is 0 Å². The zero-order chi connectivity index (χ0) is 12.5. The lowest BCUT2D eigenvalue weighted by Gasteiger charge is -2.17. The Kier molecular flexibility index (Phi) is 3.28. The van der Waals surface area contributed by atoms with Crippen LogP contribution in [0.15, 0.2) is 24.3 Å². The summed E-state index contributed by atoms with van der Waals surface area (Å²) in [5.74, 6) is -0.508. The van der Waals surface area contributed by atoms with Crippen molar-refractivity contribution in [3.05, 3.63) is 35.4 Å². The SMILES string of the molecule is CCCC1(CC)OC1(OC)c1ccc(C)cc1. The van der Waals surface area contributed by atoms with E-state index in [1.54, 1.807) is 7.11 Å². The van der Waals surface area contributed by atoms with Gasteiger partial charge in [-0.1, -0.05) is 50.1 Å². The minimum Gasteiger partial charge on any atom is -0.347 e. The van der Waals surface area contributed by atoms with Crippen LogP contribution in [-0.2, 0) is 15.3 Å². The van der Waals surface area contributed by atoms with Crippen molar-refractivity contribution in [2.45, 2.75) is 51.4 Å². The number of hydrogen-bond donors (Lipinski definition) is 0. The molecular weight excluding hydrogens is 212 g/mol. The van der Waals surface area contributed by atoms with Gasteiger partial charge in [0, 0.05) is 12.7 Å². The number of benzene rings is 1. The van der Waals surface area contributed by atoms with E-state index in [0.29, 0.717) is 0 Å². The predicted octanol–water partition coefficient (Wildman–Crippen LogP) is 3.77. The lowest BCUT2D eigenvalue weighted by molar-refractivity contribution is -0.0151. The summed E-state index contributed by atoms with van der Waals surface area (Å²) in [5.41, 5.74) is 2.28. The molecule has 2 nitrogen and oxygen atoms in total. The van der Waals surface area contributed by atoms with E-state index in [4.69, 9.17) is 9.47 Å². The topological polar surface area (TPSA) is 21.8 Å². The molecule has 1 aromatic carbocycles. The molecule has 0 N–H and O–H groups in total. The van der Waals surface area contributed by atoms with Crippen LogP contribution in [0.5, 0.6) is 0 Å². The van der Waals surface area contributed by atoms with Crippen molar-refractivity contribution >= 4 is 0 Å². The van der Waals surface area contributed by atoms with Gasteiger partial charge in [0.05, 0.1) is 0 Å². The fourth-order valence-corrected chi connectivity index (χ4v) is 2.79. The van der Waals surface area contributed by atoms with E-state index in [-0.39, 0.29) is 5.60 Å². The Balaban J connectivity index is 2.31. The third-order valence-corrected chi connectivity index (χ3v) is 3.84. The Hall–Kier alpha value is -0.860. The molecule has 1 aliphatic rings. The predicted molar refractivity (Wildman–Crippen MR) is 68.9 cm³/mol. The Labute approximate surface area is 104 Å². The highest BCUT2D eigenvalue weighted by Crippen LogP contribution is 2.60. The number of methoxy groups -OCH3 is 1. The number of hydrogen-bond acceptors (Lipinski definition) is 2. The fraction of sp³-hybridized carbons (Fsp3) is 0.600. The molecule has 1 heterocycles. The van der Waals surface area contributed by atoms with Gasteiger partial charge >= 0.3 is 0 Å². The van der Waals surface area contributed by atoms with Gasteiger partial charge in [0.1, 0.15) is 5.60 Å². The number of rotatable bonds is 5. The van der Waals surface area contributed by atoms with Crippen LogP contribution in [0.1, 0.15) is 44.2 Å². The van der Waals surface area contributed by atoms with Crippen LogP contribution in [-0.4, -0.2) is 12.7 Å². The minimum atomic E-state index is -0.508. The van der Waals surface area contributed by atoms with Gasteiger partial charge in [0.2, 0.25) is 5.79 Å². The molecule has 1 saturated heterocycles. The Morgan fingerprint density at radius 1 is 1.18 bits per heavy atom. The van der Waals surface area contributed by atoms with Crippen molar-refractivity contribution < 1.29 is 9.47 Å². The van der Waals surface area contributed by atoms with Crippen LogP contribution in [0.2, 0.25) is 0 Å². The molecule has 0 amide bonds. The molecule has 2 rings (SSSR count). The number of aryl methyl sites for hydroxylation is 1. The van der Waals surface area contributed by atoms with Gasteiger partial charge < -0.3 is 9.47 Å². The van der Waals surface area contributed by atoms with E-state index in [1.165, 1.54) is 5.56 Å². The standard InChI is InChI=1S/C15H22O2/c1-5-11-14(6-2)15(16-4,17-14)13-9-7-12(3)8-10-13/h7-10H,5-6,11H2,1-4H3. The summed E-state index contributed by atoms with van der Waals surface area (Å²) in [6.07, 6.45) is 3.15. The largest absolute Gasteiger partial charge is 0.347 e. The summed E-state index contributed by atoms with van der Waals surface area (Å²) in [6.45, 7) is 6.45. The molecule has 0 radical (unpaired) electrons. The first-order chi connectivity index (χ1) is 8.14. The molecule has 0 aliphatic carbocycles. The summed E-state index contributed by atoms with van der Waals surface area (Å²) in [6, 6.07) is 8.46. The maximum Gasteiger partial charge on any atom is 0.225 e. The smallest absolute Gasteiger partial charge is 0.225 e. The quantitative estimate of drug-likeness (QED) is 0.723. The number of ether oxygens (including phenoxy) is 2. The van der Waals surface area contributed by atoms with Crippen LogP contribution in [0.4, 0.5) is 0 Å². The normalized spacial score (nSPS) is 31.5. The van der Waals surface area contributed by atoms with E-state index in [2.05, 4.69) is 45.0 Å². The summed E-state index contributed by atoms with van der Waals surface area (Å²) >= 11 is 0. The van der Waals surface area contributed by atoms with E-state index < -0.39 is 5.79 Å². The molecular formula is C15H22O2.